The van der Waals surface area contributed by atoms with Gasteiger partial charge in [-0.2, -0.15) is 0 Å². The Morgan fingerprint density at radius 3 is 2.54 bits per heavy atom. The maximum atomic E-state index is 12.8. The van der Waals surface area contributed by atoms with E-state index in [4.69, 9.17) is 9.47 Å². The molecule has 0 aromatic heterocycles. The third-order valence-corrected chi connectivity index (χ3v) is 4.61. The second kappa shape index (κ2) is 9.26. The molecule has 1 aliphatic heterocycles. The van der Waals surface area contributed by atoms with E-state index in [-0.39, 0.29) is 17.8 Å². The molecule has 6 nitrogen and oxygen atoms in total. The van der Waals surface area contributed by atoms with Crippen molar-refractivity contribution in [1.29, 1.82) is 0 Å². The Kier molecular flexibility index (Phi) is 7.27. The summed E-state index contributed by atoms with van der Waals surface area (Å²) >= 11 is 0. The number of benzene rings is 1. The molecule has 7 heteroatoms. The first kappa shape index (κ1) is 22.0. The Labute approximate surface area is 166 Å². The number of hydrogen-bond donors (Lipinski definition) is 1. The SMILES string of the molecule is CC(C)(C)OC(=O)N1CCC(C)(C(=O)NCCCCOc2ccc(F)cc2)C1. The van der Waals surface area contributed by atoms with Crippen LogP contribution in [-0.4, -0.2) is 48.7 Å². The molecule has 1 unspecified atom stereocenters. The van der Waals surface area contributed by atoms with Crippen molar-refractivity contribution in [1.82, 2.24) is 10.2 Å². The molecule has 1 aromatic rings. The van der Waals surface area contributed by atoms with Crippen molar-refractivity contribution in [3.05, 3.63) is 30.1 Å². The van der Waals surface area contributed by atoms with Gasteiger partial charge in [-0.15, -0.1) is 0 Å². The summed E-state index contributed by atoms with van der Waals surface area (Å²) < 4.78 is 23.7. The normalized spacial score (nSPS) is 19.4. The number of ether oxygens (including phenoxy) is 2. The summed E-state index contributed by atoms with van der Waals surface area (Å²) in [4.78, 5) is 26.3. The van der Waals surface area contributed by atoms with Crippen LogP contribution in [0.15, 0.2) is 24.3 Å². The van der Waals surface area contributed by atoms with E-state index in [2.05, 4.69) is 5.32 Å². The largest absolute Gasteiger partial charge is 0.494 e. The number of carbonyl (C=O) groups excluding carboxylic acids is 2. The van der Waals surface area contributed by atoms with Gasteiger partial charge in [-0.1, -0.05) is 0 Å². The van der Waals surface area contributed by atoms with Gasteiger partial charge in [0, 0.05) is 19.6 Å². The molecule has 28 heavy (non-hydrogen) atoms. The highest BCUT2D eigenvalue weighted by atomic mass is 19.1. The molecule has 1 atom stereocenters. The van der Waals surface area contributed by atoms with Gasteiger partial charge in [0.05, 0.1) is 12.0 Å². The molecular formula is C21H31FN2O4. The quantitative estimate of drug-likeness (QED) is 0.715. The fourth-order valence-electron chi connectivity index (χ4n) is 2.99. The molecule has 1 aliphatic rings. The summed E-state index contributed by atoms with van der Waals surface area (Å²) in [6.45, 7) is 9.29. The van der Waals surface area contributed by atoms with Crippen molar-refractivity contribution in [3.63, 3.8) is 0 Å². The molecule has 0 aliphatic carbocycles. The minimum atomic E-state index is -0.596. The molecule has 0 bridgehead atoms. The highest BCUT2D eigenvalue weighted by molar-refractivity contribution is 5.84. The van der Waals surface area contributed by atoms with Gasteiger partial charge in [0.1, 0.15) is 17.2 Å². The van der Waals surface area contributed by atoms with Crippen LogP contribution < -0.4 is 10.1 Å². The zero-order chi connectivity index (χ0) is 20.8. The van der Waals surface area contributed by atoms with E-state index in [0.717, 1.165) is 12.8 Å². The highest BCUT2D eigenvalue weighted by Crippen LogP contribution is 2.31. The number of rotatable bonds is 7. The molecule has 1 saturated heterocycles. The minimum absolute atomic E-state index is 0.0435. The molecule has 0 saturated carbocycles. The topological polar surface area (TPSA) is 67.9 Å². The van der Waals surface area contributed by atoms with Gasteiger partial charge in [0.2, 0.25) is 5.91 Å². The molecule has 1 aromatic carbocycles. The van der Waals surface area contributed by atoms with Crippen molar-refractivity contribution in [2.45, 2.75) is 52.6 Å². The van der Waals surface area contributed by atoms with E-state index in [1.807, 2.05) is 27.7 Å². The predicted octanol–water partition coefficient (Wildman–Crippen LogP) is 3.75. The molecule has 2 rings (SSSR count). The monoisotopic (exact) mass is 394 g/mol. The lowest BCUT2D eigenvalue weighted by Crippen LogP contribution is -2.43. The number of nitrogens with one attached hydrogen (secondary N) is 1. The number of likely N-dealkylation sites (tertiary alicyclic amines) is 1. The molecule has 156 valence electrons. The van der Waals surface area contributed by atoms with Crippen LogP contribution in [0.5, 0.6) is 5.75 Å². The Bertz CT molecular complexity index is 672. The first-order valence-electron chi connectivity index (χ1n) is 9.74. The van der Waals surface area contributed by atoms with E-state index in [9.17, 15) is 14.0 Å². The van der Waals surface area contributed by atoms with Crippen molar-refractivity contribution < 1.29 is 23.5 Å². The van der Waals surface area contributed by atoms with Gasteiger partial charge >= 0.3 is 6.09 Å². The molecule has 1 heterocycles. The second-order valence-electron chi connectivity index (χ2n) is 8.48. The first-order chi connectivity index (χ1) is 13.1. The van der Waals surface area contributed by atoms with E-state index >= 15 is 0 Å². The standard InChI is InChI=1S/C21H31FN2O4/c1-20(2,3)28-19(26)24-13-11-21(4,15-24)18(25)23-12-5-6-14-27-17-9-7-16(22)8-10-17/h7-10H,5-6,11-15H2,1-4H3,(H,23,25). The van der Waals surface area contributed by atoms with Crippen LogP contribution in [0.25, 0.3) is 0 Å². The summed E-state index contributed by atoms with van der Waals surface area (Å²) in [6.07, 6.45) is 1.80. The smallest absolute Gasteiger partial charge is 0.410 e. The summed E-state index contributed by atoms with van der Waals surface area (Å²) in [5.41, 5.74) is -1.14. The lowest BCUT2D eigenvalue weighted by Gasteiger charge is -2.26. The maximum absolute atomic E-state index is 12.8. The molecule has 1 fully saturated rings. The van der Waals surface area contributed by atoms with Gasteiger partial charge in [0.15, 0.2) is 0 Å². The van der Waals surface area contributed by atoms with Gasteiger partial charge in [0.25, 0.3) is 0 Å². The number of carbonyl (C=O) groups is 2. The van der Waals surface area contributed by atoms with Crippen molar-refractivity contribution in [3.8, 4) is 5.75 Å². The average molecular weight is 394 g/mol. The van der Waals surface area contributed by atoms with Gasteiger partial charge in [-0.05, 0) is 71.2 Å². The van der Waals surface area contributed by atoms with Crippen LogP contribution in [0.1, 0.15) is 47.0 Å². The Morgan fingerprint density at radius 2 is 1.89 bits per heavy atom. The average Bonchev–Trinajstić information content (AvgIpc) is 3.02. The zero-order valence-corrected chi connectivity index (χ0v) is 17.2. The van der Waals surface area contributed by atoms with E-state index in [1.54, 1.807) is 17.0 Å². The zero-order valence-electron chi connectivity index (χ0n) is 17.2. The van der Waals surface area contributed by atoms with Crippen LogP contribution in [0, 0.1) is 11.2 Å². The summed E-state index contributed by atoms with van der Waals surface area (Å²) in [5.74, 6) is 0.296. The Balaban J connectivity index is 1.65. The van der Waals surface area contributed by atoms with Crippen molar-refractivity contribution >= 4 is 12.0 Å². The lowest BCUT2D eigenvalue weighted by molar-refractivity contribution is -0.129. The molecule has 0 spiro atoms. The molecule has 1 N–H and O–H groups in total. The van der Waals surface area contributed by atoms with E-state index in [1.165, 1.54) is 12.1 Å². The summed E-state index contributed by atoms with van der Waals surface area (Å²) in [5, 5.41) is 2.96. The minimum Gasteiger partial charge on any atom is -0.494 e. The summed E-state index contributed by atoms with van der Waals surface area (Å²) in [6, 6.07) is 5.90. The predicted molar refractivity (Wildman–Crippen MR) is 105 cm³/mol. The van der Waals surface area contributed by atoms with Crippen LogP contribution in [0.3, 0.4) is 0 Å². The third kappa shape index (κ3) is 6.69. The number of unbranched alkanes of at least 4 members (excludes halogenated alkanes) is 1. The molecular weight excluding hydrogens is 363 g/mol. The van der Waals surface area contributed by atoms with Crippen LogP contribution in [0.4, 0.5) is 9.18 Å². The number of nitrogens with zero attached hydrogens (tertiary/aromatic N) is 1. The molecule has 0 radical (unpaired) electrons. The van der Waals surface area contributed by atoms with Gasteiger partial charge < -0.3 is 19.7 Å². The lowest BCUT2D eigenvalue weighted by atomic mass is 9.89. The van der Waals surface area contributed by atoms with Crippen molar-refractivity contribution in [2.75, 3.05) is 26.2 Å². The highest BCUT2D eigenvalue weighted by Gasteiger charge is 2.42. The molecule has 2 amide bonds. The van der Waals surface area contributed by atoms with E-state index < -0.39 is 11.0 Å². The Hall–Kier alpha value is -2.31. The fraction of sp³-hybridized carbons (Fsp3) is 0.619. The number of hydrogen-bond acceptors (Lipinski definition) is 4. The maximum Gasteiger partial charge on any atom is 0.410 e. The summed E-state index contributed by atoms with van der Waals surface area (Å²) in [7, 11) is 0. The van der Waals surface area contributed by atoms with Crippen LogP contribution >= 0.6 is 0 Å². The third-order valence-electron chi connectivity index (χ3n) is 4.61. The van der Waals surface area contributed by atoms with Crippen LogP contribution in [-0.2, 0) is 9.53 Å². The van der Waals surface area contributed by atoms with Gasteiger partial charge in [-0.25, -0.2) is 9.18 Å². The van der Waals surface area contributed by atoms with E-state index in [0.29, 0.717) is 38.4 Å². The van der Waals surface area contributed by atoms with Crippen molar-refractivity contribution in [2.24, 2.45) is 5.41 Å². The Morgan fingerprint density at radius 1 is 1.21 bits per heavy atom. The fourth-order valence-corrected chi connectivity index (χ4v) is 2.99. The van der Waals surface area contributed by atoms with Gasteiger partial charge in [-0.3, -0.25) is 4.79 Å². The van der Waals surface area contributed by atoms with Crippen LogP contribution in [0.2, 0.25) is 0 Å². The number of amides is 2. The second-order valence-corrected chi connectivity index (χ2v) is 8.48. The first-order valence-corrected chi connectivity index (χ1v) is 9.74. The number of halogens is 1.